The third-order valence-electron chi connectivity index (χ3n) is 8.12. The predicted octanol–water partition coefficient (Wildman–Crippen LogP) is 3.80. The Hall–Kier alpha value is -4.47. The quantitative estimate of drug-likeness (QED) is 0.349. The van der Waals surface area contributed by atoms with E-state index in [1.165, 1.54) is 22.9 Å². The van der Waals surface area contributed by atoms with Crippen LogP contribution in [0.5, 0.6) is 0 Å². The van der Waals surface area contributed by atoms with Gasteiger partial charge in [0.15, 0.2) is 17.5 Å². The van der Waals surface area contributed by atoms with Gasteiger partial charge < -0.3 is 15.1 Å². The number of halogens is 2. The standard InChI is InChI=1S/C31H33F2N9O/c1-39-13-15-40(16-14-39)18-21-4-6-22(7-5-21)29-28(33)31(36-24-3-2-12-41(20-24)27(43)10-11-34)38-30(37-29)25-17-35-26-9-8-23(32)19-42(25)26/h4-9,17,19,24H,2-3,10,12-16,18,20H2,1H3,(H,36,37,38)/t24-/m1/s1. The summed E-state index contributed by atoms with van der Waals surface area (Å²) in [5.41, 5.74) is 2.74. The Balaban J connectivity index is 1.33. The molecule has 1 amide bonds. The topological polar surface area (TPSA) is 106 Å². The van der Waals surface area contributed by atoms with E-state index in [1.54, 1.807) is 11.0 Å². The van der Waals surface area contributed by atoms with Crippen LogP contribution < -0.4 is 5.32 Å². The molecule has 0 saturated carbocycles. The first-order valence-electron chi connectivity index (χ1n) is 14.5. The summed E-state index contributed by atoms with van der Waals surface area (Å²) in [5, 5.41) is 12.2. The zero-order valence-electron chi connectivity index (χ0n) is 24.0. The number of likely N-dealkylation sites (tertiary alicyclic amines) is 1. The van der Waals surface area contributed by atoms with Crippen molar-refractivity contribution in [3.05, 3.63) is 66.0 Å². The Morgan fingerprint density at radius 1 is 1.07 bits per heavy atom. The number of carbonyl (C=O) groups is 1. The maximum atomic E-state index is 16.2. The number of carbonyl (C=O) groups excluding carboxylic acids is 1. The molecule has 2 aliphatic rings. The van der Waals surface area contributed by atoms with E-state index in [-0.39, 0.29) is 35.7 Å². The van der Waals surface area contributed by atoms with Gasteiger partial charge >= 0.3 is 0 Å². The van der Waals surface area contributed by atoms with Gasteiger partial charge in [-0.15, -0.1) is 0 Å². The second-order valence-electron chi connectivity index (χ2n) is 11.2. The lowest BCUT2D eigenvalue weighted by molar-refractivity contribution is -0.131. The van der Waals surface area contributed by atoms with Gasteiger partial charge in [-0.3, -0.25) is 14.1 Å². The number of pyridine rings is 1. The van der Waals surface area contributed by atoms with Crippen molar-refractivity contribution in [3.8, 4) is 28.8 Å². The molecule has 10 nitrogen and oxygen atoms in total. The molecular weight excluding hydrogens is 552 g/mol. The highest BCUT2D eigenvalue weighted by Crippen LogP contribution is 2.30. The van der Waals surface area contributed by atoms with E-state index in [1.807, 2.05) is 30.3 Å². The number of piperidine rings is 1. The van der Waals surface area contributed by atoms with Crippen LogP contribution in [0.15, 0.2) is 48.8 Å². The number of hydrogen-bond donors (Lipinski definition) is 1. The zero-order valence-corrected chi connectivity index (χ0v) is 24.0. The van der Waals surface area contributed by atoms with Crippen molar-refractivity contribution in [1.29, 1.82) is 5.26 Å². The molecule has 1 atom stereocenters. The number of rotatable bonds is 7. The summed E-state index contributed by atoms with van der Waals surface area (Å²) < 4.78 is 31.9. The molecule has 0 aliphatic carbocycles. The number of nitriles is 1. The SMILES string of the molecule is CN1CCN(Cc2ccc(-c3nc(-c4cnc5ccc(F)cn45)nc(N[C@@H]4CCCN(C(=O)CC#N)C4)c3F)cc2)CC1. The highest BCUT2D eigenvalue weighted by atomic mass is 19.1. The lowest BCUT2D eigenvalue weighted by atomic mass is 10.0. The number of hydrogen-bond acceptors (Lipinski definition) is 8. The van der Waals surface area contributed by atoms with E-state index in [0.717, 1.165) is 38.3 Å². The van der Waals surface area contributed by atoms with Gasteiger partial charge in [0.2, 0.25) is 5.91 Å². The molecule has 0 spiro atoms. The number of amides is 1. The molecule has 6 rings (SSSR count). The maximum absolute atomic E-state index is 16.2. The number of nitrogens with one attached hydrogen (secondary N) is 1. The van der Waals surface area contributed by atoms with Crippen LogP contribution in [0.25, 0.3) is 28.4 Å². The molecule has 1 aromatic carbocycles. The van der Waals surface area contributed by atoms with Gasteiger partial charge in [0, 0.05) is 63.6 Å². The molecule has 222 valence electrons. The summed E-state index contributed by atoms with van der Waals surface area (Å²) >= 11 is 0. The van der Waals surface area contributed by atoms with Crippen LogP contribution in [0, 0.1) is 23.0 Å². The number of aromatic nitrogens is 4. The Morgan fingerprint density at radius 2 is 1.86 bits per heavy atom. The van der Waals surface area contributed by atoms with Gasteiger partial charge in [-0.1, -0.05) is 24.3 Å². The van der Waals surface area contributed by atoms with Crippen molar-refractivity contribution >= 4 is 17.4 Å². The van der Waals surface area contributed by atoms with Gasteiger partial charge in [-0.2, -0.15) is 5.26 Å². The second-order valence-corrected chi connectivity index (χ2v) is 11.2. The van der Waals surface area contributed by atoms with Crippen molar-refractivity contribution in [1.82, 2.24) is 34.1 Å². The fourth-order valence-corrected chi connectivity index (χ4v) is 5.70. The van der Waals surface area contributed by atoms with Crippen molar-refractivity contribution < 1.29 is 13.6 Å². The highest BCUT2D eigenvalue weighted by Gasteiger charge is 2.26. The molecule has 2 fully saturated rings. The summed E-state index contributed by atoms with van der Waals surface area (Å²) in [6.45, 7) is 5.75. The number of benzene rings is 1. The molecule has 2 aliphatic heterocycles. The molecule has 43 heavy (non-hydrogen) atoms. The molecule has 12 heteroatoms. The van der Waals surface area contributed by atoms with E-state index < -0.39 is 11.6 Å². The van der Waals surface area contributed by atoms with Gasteiger partial charge in [0.05, 0.1) is 12.3 Å². The van der Waals surface area contributed by atoms with Crippen molar-refractivity contribution in [3.63, 3.8) is 0 Å². The van der Waals surface area contributed by atoms with Gasteiger partial charge in [0.1, 0.15) is 29.3 Å². The average molecular weight is 586 g/mol. The van der Waals surface area contributed by atoms with Crippen LogP contribution in [0.1, 0.15) is 24.8 Å². The normalized spacial score (nSPS) is 18.1. The minimum absolute atomic E-state index is 0.00699. The Morgan fingerprint density at radius 3 is 2.63 bits per heavy atom. The Bertz CT molecular complexity index is 1660. The molecular formula is C31H33F2N9O. The Kier molecular flexibility index (Phi) is 8.26. The molecule has 4 aromatic rings. The van der Waals surface area contributed by atoms with Crippen LogP contribution in [-0.2, 0) is 11.3 Å². The van der Waals surface area contributed by atoms with Crippen LogP contribution >= 0.6 is 0 Å². The van der Waals surface area contributed by atoms with Crippen LogP contribution in [-0.4, -0.2) is 92.3 Å². The average Bonchev–Trinajstić information content (AvgIpc) is 3.43. The van der Waals surface area contributed by atoms with Crippen LogP contribution in [0.4, 0.5) is 14.6 Å². The van der Waals surface area contributed by atoms with Gasteiger partial charge in [0.25, 0.3) is 0 Å². The minimum Gasteiger partial charge on any atom is -0.363 e. The first-order valence-corrected chi connectivity index (χ1v) is 14.5. The monoisotopic (exact) mass is 585 g/mol. The second kappa shape index (κ2) is 12.4. The van der Waals surface area contributed by atoms with Gasteiger partial charge in [-0.25, -0.2) is 23.7 Å². The van der Waals surface area contributed by atoms with Gasteiger partial charge in [-0.05, 0) is 37.6 Å². The summed E-state index contributed by atoms with van der Waals surface area (Å²) in [6.07, 6.45) is 4.05. The molecule has 5 heterocycles. The lowest BCUT2D eigenvalue weighted by Gasteiger charge is -2.33. The van der Waals surface area contributed by atoms with Crippen molar-refractivity contribution in [2.75, 3.05) is 51.6 Å². The summed E-state index contributed by atoms with van der Waals surface area (Å²) in [5.74, 6) is -1.13. The molecule has 3 aromatic heterocycles. The van der Waals surface area contributed by atoms with Crippen LogP contribution in [0.2, 0.25) is 0 Å². The number of nitrogens with zero attached hydrogens (tertiary/aromatic N) is 8. The predicted molar refractivity (Wildman–Crippen MR) is 158 cm³/mol. The van der Waals surface area contributed by atoms with E-state index in [0.29, 0.717) is 42.8 Å². The van der Waals surface area contributed by atoms with Crippen molar-refractivity contribution in [2.45, 2.75) is 31.8 Å². The number of likely N-dealkylation sites (N-methyl/N-ethyl adjacent to an activating group) is 1. The third kappa shape index (κ3) is 6.33. The molecule has 0 radical (unpaired) electrons. The number of imidazole rings is 1. The molecule has 0 unspecified atom stereocenters. The summed E-state index contributed by atoms with van der Waals surface area (Å²) in [4.78, 5) is 32.2. The van der Waals surface area contributed by atoms with E-state index in [4.69, 9.17) is 5.26 Å². The molecule has 0 bridgehead atoms. The highest BCUT2D eigenvalue weighted by molar-refractivity contribution is 5.78. The zero-order chi connectivity index (χ0) is 29.9. The number of anilines is 1. The Labute approximate surface area is 248 Å². The molecule has 2 saturated heterocycles. The smallest absolute Gasteiger partial charge is 0.236 e. The first kappa shape index (κ1) is 28.6. The first-order chi connectivity index (χ1) is 20.9. The van der Waals surface area contributed by atoms with Crippen molar-refractivity contribution in [2.24, 2.45) is 0 Å². The summed E-state index contributed by atoms with van der Waals surface area (Å²) in [6, 6.07) is 12.2. The minimum atomic E-state index is -0.615. The third-order valence-corrected chi connectivity index (χ3v) is 8.12. The van der Waals surface area contributed by atoms with E-state index >= 15 is 4.39 Å². The largest absolute Gasteiger partial charge is 0.363 e. The van der Waals surface area contributed by atoms with E-state index in [9.17, 15) is 9.18 Å². The number of piperazine rings is 1. The molecule has 1 N–H and O–H groups in total. The fourth-order valence-electron chi connectivity index (χ4n) is 5.70. The lowest BCUT2D eigenvalue weighted by Crippen LogP contribution is -2.45. The maximum Gasteiger partial charge on any atom is 0.236 e. The summed E-state index contributed by atoms with van der Waals surface area (Å²) in [7, 11) is 2.13. The van der Waals surface area contributed by atoms with E-state index in [2.05, 4.69) is 37.1 Å². The van der Waals surface area contributed by atoms with Crippen LogP contribution in [0.3, 0.4) is 0 Å². The number of fused-ring (bicyclic) bond motifs is 1. The fraction of sp³-hybridized carbons (Fsp3) is 0.387.